The summed E-state index contributed by atoms with van der Waals surface area (Å²) in [7, 11) is 0. The minimum atomic E-state index is -2.10. The number of hydrogen-bond donors (Lipinski definition) is 0. The molecule has 0 saturated heterocycles. The van der Waals surface area contributed by atoms with Crippen molar-refractivity contribution in [3.05, 3.63) is 29.8 Å². The van der Waals surface area contributed by atoms with Crippen LogP contribution in [-0.4, -0.2) is 8.76 Å². The molecule has 0 heterocycles. The van der Waals surface area contributed by atoms with E-state index in [9.17, 15) is 8.76 Å². The van der Waals surface area contributed by atoms with Crippen LogP contribution in [0.2, 0.25) is 0 Å². The Kier molecular flexibility index (Phi) is 13.2. The Morgan fingerprint density at radius 1 is 0.900 bits per heavy atom. The molecule has 20 heavy (non-hydrogen) atoms. The molecule has 1 atom stereocenters. The topological polar surface area (TPSA) is 40.1 Å². The summed E-state index contributed by atoms with van der Waals surface area (Å²) in [6, 6.07) is 7.21. The van der Waals surface area contributed by atoms with Gasteiger partial charge in [0.05, 0.1) is 0 Å². The number of benzene rings is 1. The van der Waals surface area contributed by atoms with Crippen molar-refractivity contribution < 1.29 is 38.3 Å². The van der Waals surface area contributed by atoms with E-state index in [0.717, 1.165) is 6.42 Å². The average Bonchev–Trinajstić information content (AvgIpc) is 2.42. The van der Waals surface area contributed by atoms with Crippen LogP contribution in [0.4, 0.5) is 0 Å². The molecule has 0 aliphatic heterocycles. The van der Waals surface area contributed by atoms with Crippen molar-refractivity contribution in [1.29, 1.82) is 0 Å². The van der Waals surface area contributed by atoms with E-state index < -0.39 is 11.1 Å². The fourth-order valence-corrected chi connectivity index (χ4v) is 2.59. The third-order valence-electron chi connectivity index (χ3n) is 3.43. The molecule has 1 unspecified atom stereocenters. The largest absolute Gasteiger partial charge is 1.00 e. The zero-order valence-corrected chi connectivity index (χ0v) is 15.7. The normalized spacial score (nSPS) is 11.9. The Bertz CT molecular complexity index is 365. The third kappa shape index (κ3) is 9.30. The molecule has 4 heteroatoms. The van der Waals surface area contributed by atoms with Crippen molar-refractivity contribution in [3.8, 4) is 0 Å². The van der Waals surface area contributed by atoms with Crippen LogP contribution in [-0.2, 0) is 17.5 Å². The second-order valence-corrected chi connectivity index (χ2v) is 6.04. The minimum absolute atomic E-state index is 0. The number of aryl methyl sites for hydroxylation is 1. The second-order valence-electron chi connectivity index (χ2n) is 5.10. The SMILES string of the molecule is CCCCCCCCCCc1ccc(S(=O)[O-])cc1.[Na+]. The van der Waals surface area contributed by atoms with Gasteiger partial charge in [-0.1, -0.05) is 64.0 Å². The maximum absolute atomic E-state index is 10.7. The molecule has 1 rings (SSSR count). The molecule has 0 bridgehead atoms. The van der Waals surface area contributed by atoms with E-state index in [1.165, 1.54) is 56.9 Å². The van der Waals surface area contributed by atoms with Crippen LogP contribution in [0.5, 0.6) is 0 Å². The first kappa shape index (κ1) is 20.3. The summed E-state index contributed by atoms with van der Waals surface area (Å²) in [6.07, 6.45) is 11.6. The summed E-state index contributed by atoms with van der Waals surface area (Å²) in [5.74, 6) is 0. The zero-order chi connectivity index (χ0) is 13.9. The van der Waals surface area contributed by atoms with E-state index in [0.29, 0.717) is 4.90 Å². The van der Waals surface area contributed by atoms with Crippen LogP contribution < -0.4 is 29.6 Å². The molecular formula is C16H25NaO2S. The van der Waals surface area contributed by atoms with Gasteiger partial charge in [0.15, 0.2) is 0 Å². The van der Waals surface area contributed by atoms with Crippen LogP contribution in [0, 0.1) is 0 Å². The number of hydrogen-bond acceptors (Lipinski definition) is 2. The third-order valence-corrected chi connectivity index (χ3v) is 4.09. The van der Waals surface area contributed by atoms with Crippen LogP contribution in [0.3, 0.4) is 0 Å². The summed E-state index contributed by atoms with van der Waals surface area (Å²) in [6.45, 7) is 2.24. The van der Waals surface area contributed by atoms with Gasteiger partial charge in [0.1, 0.15) is 0 Å². The van der Waals surface area contributed by atoms with E-state index in [4.69, 9.17) is 0 Å². The molecule has 0 saturated carbocycles. The summed E-state index contributed by atoms with van der Waals surface area (Å²) in [5, 5.41) is 0. The first-order valence-corrected chi connectivity index (χ1v) is 8.49. The fraction of sp³-hybridized carbons (Fsp3) is 0.625. The molecule has 1 aromatic rings. The minimum Gasteiger partial charge on any atom is -0.768 e. The molecular weight excluding hydrogens is 279 g/mol. The Hall–Kier alpha value is 0.330. The Morgan fingerprint density at radius 3 is 1.90 bits per heavy atom. The van der Waals surface area contributed by atoms with Gasteiger partial charge in [-0.15, -0.1) is 0 Å². The van der Waals surface area contributed by atoms with Crippen molar-refractivity contribution in [1.82, 2.24) is 0 Å². The van der Waals surface area contributed by atoms with Gasteiger partial charge < -0.3 is 4.55 Å². The number of rotatable bonds is 10. The molecule has 0 amide bonds. The first-order valence-electron chi connectivity index (χ1n) is 7.42. The smallest absolute Gasteiger partial charge is 0.768 e. The molecule has 0 radical (unpaired) electrons. The summed E-state index contributed by atoms with van der Waals surface area (Å²) < 4.78 is 21.4. The van der Waals surface area contributed by atoms with Crippen molar-refractivity contribution in [2.75, 3.05) is 0 Å². The Morgan fingerprint density at radius 2 is 1.40 bits per heavy atom. The van der Waals surface area contributed by atoms with Gasteiger partial charge in [0.25, 0.3) is 0 Å². The van der Waals surface area contributed by atoms with E-state index in [-0.39, 0.29) is 29.6 Å². The molecule has 0 aromatic heterocycles. The fourth-order valence-electron chi connectivity index (χ4n) is 2.23. The molecule has 108 valence electrons. The molecule has 0 aliphatic carbocycles. The summed E-state index contributed by atoms with van der Waals surface area (Å²) in [5.41, 5.74) is 1.24. The van der Waals surface area contributed by atoms with Gasteiger partial charge in [-0.3, -0.25) is 4.21 Å². The maximum atomic E-state index is 10.7. The second kappa shape index (κ2) is 13.0. The molecule has 0 fully saturated rings. The molecule has 0 N–H and O–H groups in total. The van der Waals surface area contributed by atoms with Crippen molar-refractivity contribution in [3.63, 3.8) is 0 Å². The molecule has 1 aromatic carbocycles. The Labute approximate surface area is 148 Å². The van der Waals surface area contributed by atoms with E-state index >= 15 is 0 Å². The predicted octanol–water partition coefficient (Wildman–Crippen LogP) is 1.61. The maximum Gasteiger partial charge on any atom is 1.00 e. The standard InChI is InChI=1S/C16H26O2S.Na/c1-2-3-4-5-6-7-8-9-10-15-11-13-16(14-12-15)19(17)18;/h11-14H,2-10H2,1H3,(H,17,18);/q;+1/p-1. The summed E-state index contributed by atoms with van der Waals surface area (Å²) in [4.78, 5) is 0.375. The van der Waals surface area contributed by atoms with Crippen molar-refractivity contribution in [2.45, 2.75) is 69.6 Å². The van der Waals surface area contributed by atoms with E-state index in [1.807, 2.05) is 12.1 Å². The quantitative estimate of drug-likeness (QED) is 0.374. The van der Waals surface area contributed by atoms with Gasteiger partial charge in [-0.05, 0) is 41.6 Å². The zero-order valence-electron chi connectivity index (χ0n) is 12.9. The Balaban J connectivity index is 0.00000361. The van der Waals surface area contributed by atoms with Crippen LogP contribution in [0.15, 0.2) is 29.2 Å². The molecule has 2 nitrogen and oxygen atoms in total. The average molecular weight is 304 g/mol. The molecule has 0 aliphatic rings. The predicted molar refractivity (Wildman–Crippen MR) is 79.9 cm³/mol. The van der Waals surface area contributed by atoms with Crippen LogP contribution in [0.25, 0.3) is 0 Å². The first-order chi connectivity index (χ1) is 9.24. The van der Waals surface area contributed by atoms with Crippen molar-refractivity contribution in [2.24, 2.45) is 0 Å². The van der Waals surface area contributed by atoms with Crippen molar-refractivity contribution >= 4 is 11.1 Å². The molecule has 0 spiro atoms. The monoisotopic (exact) mass is 304 g/mol. The van der Waals surface area contributed by atoms with E-state index in [1.54, 1.807) is 12.1 Å². The summed E-state index contributed by atoms with van der Waals surface area (Å²) >= 11 is -2.10. The van der Waals surface area contributed by atoms with Crippen LogP contribution >= 0.6 is 0 Å². The number of unbranched alkanes of at least 4 members (excludes halogenated alkanes) is 7. The van der Waals surface area contributed by atoms with Gasteiger partial charge in [0.2, 0.25) is 0 Å². The van der Waals surface area contributed by atoms with E-state index in [2.05, 4.69) is 6.92 Å². The van der Waals surface area contributed by atoms with Gasteiger partial charge >= 0.3 is 29.6 Å². The van der Waals surface area contributed by atoms with Gasteiger partial charge in [0, 0.05) is 4.90 Å². The van der Waals surface area contributed by atoms with Gasteiger partial charge in [-0.2, -0.15) is 0 Å². The van der Waals surface area contributed by atoms with Crippen LogP contribution in [0.1, 0.15) is 63.9 Å². The van der Waals surface area contributed by atoms with Gasteiger partial charge in [-0.25, -0.2) is 0 Å².